The van der Waals surface area contributed by atoms with Gasteiger partial charge in [0, 0.05) is 37.1 Å². The van der Waals surface area contributed by atoms with Crippen LogP contribution >= 0.6 is 11.3 Å². The Labute approximate surface area is 193 Å². The number of halogens is 2. The summed E-state index contributed by atoms with van der Waals surface area (Å²) in [6, 6.07) is 3.23. The summed E-state index contributed by atoms with van der Waals surface area (Å²) in [4.78, 5) is 29.2. The molecule has 11 heteroatoms. The number of carbonyl (C=O) groups excluding carboxylic acids is 1. The standard InChI is InChI=1S/C22H25F2N7OS/c1-10-27-7-13-18(26)19(33-22(13)28-10)21(32)29-12-3-4-16-11(6-12)2-5-17(30-16)31-8-14(20(23)24)15(25)9-31/h2,5,7,12,14-15,20H,3-4,6,8-9,25-26H2,1H3,(H,29,32). The van der Waals surface area contributed by atoms with Crippen molar-refractivity contribution in [2.24, 2.45) is 11.7 Å². The summed E-state index contributed by atoms with van der Waals surface area (Å²) in [7, 11) is 0. The van der Waals surface area contributed by atoms with Gasteiger partial charge in [0.05, 0.1) is 17.0 Å². The molecular formula is C22H25F2N7OS. The number of nitrogens with two attached hydrogens (primary N) is 2. The van der Waals surface area contributed by atoms with Gasteiger partial charge >= 0.3 is 0 Å². The number of hydrogen-bond donors (Lipinski definition) is 3. The molecule has 1 aliphatic carbocycles. The summed E-state index contributed by atoms with van der Waals surface area (Å²) >= 11 is 1.27. The number of fused-ring (bicyclic) bond motifs is 2. The SMILES string of the molecule is Cc1ncc2c(N)c(C(=O)NC3CCc4nc(N5CC(N)C(C(F)F)C5)ccc4C3)sc2n1. The maximum atomic E-state index is 13.2. The van der Waals surface area contributed by atoms with Crippen LogP contribution in [-0.4, -0.2) is 52.5 Å². The minimum absolute atomic E-state index is 0.0431. The van der Waals surface area contributed by atoms with Crippen LogP contribution in [0.1, 0.15) is 33.2 Å². The summed E-state index contributed by atoms with van der Waals surface area (Å²) in [5.74, 6) is 0.269. The third kappa shape index (κ3) is 4.10. The molecule has 8 nitrogen and oxygen atoms in total. The van der Waals surface area contributed by atoms with Gasteiger partial charge in [-0.15, -0.1) is 11.3 Å². The highest BCUT2D eigenvalue weighted by molar-refractivity contribution is 7.21. The number of aryl methyl sites for hydroxylation is 2. The van der Waals surface area contributed by atoms with E-state index in [1.54, 1.807) is 13.1 Å². The number of aromatic nitrogens is 3. The van der Waals surface area contributed by atoms with Gasteiger partial charge in [0.15, 0.2) is 0 Å². The van der Waals surface area contributed by atoms with Gasteiger partial charge in [-0.2, -0.15) is 0 Å². The van der Waals surface area contributed by atoms with Crippen molar-refractivity contribution in [3.05, 3.63) is 40.3 Å². The zero-order valence-corrected chi connectivity index (χ0v) is 18.9. The number of pyridine rings is 1. The van der Waals surface area contributed by atoms with Crippen LogP contribution in [0.2, 0.25) is 0 Å². The van der Waals surface area contributed by atoms with E-state index in [0.29, 0.717) is 51.8 Å². The van der Waals surface area contributed by atoms with Gasteiger partial charge in [0.1, 0.15) is 21.3 Å². The van der Waals surface area contributed by atoms with E-state index < -0.39 is 18.4 Å². The van der Waals surface area contributed by atoms with Crippen molar-refractivity contribution in [1.29, 1.82) is 0 Å². The molecule has 0 saturated carbocycles. The highest BCUT2D eigenvalue weighted by Crippen LogP contribution is 2.33. The lowest BCUT2D eigenvalue weighted by atomic mass is 9.91. The summed E-state index contributed by atoms with van der Waals surface area (Å²) in [6.45, 7) is 2.38. The second-order valence-corrected chi connectivity index (χ2v) is 9.74. The van der Waals surface area contributed by atoms with E-state index in [0.717, 1.165) is 17.7 Å². The lowest BCUT2D eigenvalue weighted by Gasteiger charge is -2.26. The van der Waals surface area contributed by atoms with Crippen molar-refractivity contribution < 1.29 is 13.6 Å². The van der Waals surface area contributed by atoms with Gasteiger partial charge in [-0.3, -0.25) is 4.79 Å². The fourth-order valence-electron chi connectivity index (χ4n) is 4.61. The van der Waals surface area contributed by atoms with Gasteiger partial charge in [0.2, 0.25) is 6.43 Å². The minimum atomic E-state index is -2.43. The van der Waals surface area contributed by atoms with E-state index in [4.69, 9.17) is 16.5 Å². The zero-order valence-electron chi connectivity index (χ0n) is 18.1. The van der Waals surface area contributed by atoms with E-state index in [1.807, 2.05) is 17.0 Å². The number of alkyl halides is 2. The van der Waals surface area contributed by atoms with E-state index in [1.165, 1.54) is 11.3 Å². The highest BCUT2D eigenvalue weighted by atomic mass is 32.1. The predicted molar refractivity (Wildman–Crippen MR) is 124 cm³/mol. The van der Waals surface area contributed by atoms with Crippen LogP contribution in [0.5, 0.6) is 0 Å². The molecule has 1 saturated heterocycles. The molecule has 3 aromatic heterocycles. The molecule has 0 aromatic carbocycles. The first-order valence-electron chi connectivity index (χ1n) is 10.9. The normalized spacial score (nSPS) is 22.7. The van der Waals surface area contributed by atoms with Crippen LogP contribution < -0.4 is 21.7 Å². The molecule has 5 N–H and O–H groups in total. The second-order valence-electron chi connectivity index (χ2n) is 8.74. The first kappa shape index (κ1) is 21.9. The van der Waals surface area contributed by atoms with Crippen LogP contribution in [0.15, 0.2) is 18.3 Å². The number of thiophene rings is 1. The Morgan fingerprint density at radius 1 is 1.30 bits per heavy atom. The summed E-state index contributed by atoms with van der Waals surface area (Å²) in [6.07, 6.45) is 1.30. The summed E-state index contributed by atoms with van der Waals surface area (Å²) in [5.41, 5.74) is 14.5. The molecule has 3 atom stereocenters. The van der Waals surface area contributed by atoms with Crippen molar-refractivity contribution in [3.63, 3.8) is 0 Å². The Balaban J connectivity index is 1.27. The molecule has 174 valence electrons. The average molecular weight is 474 g/mol. The molecule has 3 aromatic rings. The van der Waals surface area contributed by atoms with E-state index in [-0.39, 0.29) is 18.5 Å². The molecule has 3 unspecified atom stereocenters. The van der Waals surface area contributed by atoms with Crippen molar-refractivity contribution in [1.82, 2.24) is 20.3 Å². The topological polar surface area (TPSA) is 123 Å². The number of carbonyl (C=O) groups is 1. The van der Waals surface area contributed by atoms with Gasteiger partial charge in [-0.05, 0) is 37.8 Å². The average Bonchev–Trinajstić information content (AvgIpc) is 3.33. The van der Waals surface area contributed by atoms with E-state index in [9.17, 15) is 13.6 Å². The van der Waals surface area contributed by atoms with Crippen molar-refractivity contribution in [2.45, 2.75) is 44.7 Å². The van der Waals surface area contributed by atoms with Crippen LogP contribution in [-0.2, 0) is 12.8 Å². The first-order valence-corrected chi connectivity index (χ1v) is 11.7. The van der Waals surface area contributed by atoms with Crippen LogP contribution in [0.4, 0.5) is 20.3 Å². The molecule has 4 heterocycles. The maximum absolute atomic E-state index is 13.2. The Morgan fingerprint density at radius 2 is 2.12 bits per heavy atom. The smallest absolute Gasteiger partial charge is 0.263 e. The van der Waals surface area contributed by atoms with Gasteiger partial charge < -0.3 is 21.7 Å². The number of nitrogens with zero attached hydrogens (tertiary/aromatic N) is 4. The molecular weight excluding hydrogens is 448 g/mol. The molecule has 1 amide bonds. The summed E-state index contributed by atoms with van der Waals surface area (Å²) in [5, 5.41) is 3.78. The Hall–Kier alpha value is -2.92. The quantitative estimate of drug-likeness (QED) is 0.531. The largest absolute Gasteiger partial charge is 0.397 e. The lowest BCUT2D eigenvalue weighted by Crippen LogP contribution is -2.39. The lowest BCUT2D eigenvalue weighted by molar-refractivity contribution is 0.0804. The predicted octanol–water partition coefficient (Wildman–Crippen LogP) is 2.29. The van der Waals surface area contributed by atoms with Crippen LogP contribution in [0.3, 0.4) is 0 Å². The molecule has 1 aliphatic heterocycles. The maximum Gasteiger partial charge on any atom is 0.263 e. The summed E-state index contributed by atoms with van der Waals surface area (Å²) < 4.78 is 26.3. The number of nitrogens with one attached hydrogen (secondary N) is 1. The first-order chi connectivity index (χ1) is 15.8. The van der Waals surface area contributed by atoms with Crippen LogP contribution in [0, 0.1) is 12.8 Å². The molecule has 5 rings (SSSR count). The third-order valence-electron chi connectivity index (χ3n) is 6.46. The molecule has 1 fully saturated rings. The molecule has 33 heavy (non-hydrogen) atoms. The number of amides is 1. The van der Waals surface area contributed by atoms with Gasteiger partial charge in [0.25, 0.3) is 5.91 Å². The fourth-order valence-corrected chi connectivity index (χ4v) is 5.63. The minimum Gasteiger partial charge on any atom is -0.397 e. The molecule has 0 bridgehead atoms. The Kier molecular flexibility index (Phi) is 5.61. The van der Waals surface area contributed by atoms with Crippen LogP contribution in [0.25, 0.3) is 10.2 Å². The second kappa shape index (κ2) is 8.45. The third-order valence-corrected chi connectivity index (χ3v) is 7.57. The highest BCUT2D eigenvalue weighted by Gasteiger charge is 2.37. The zero-order chi connectivity index (χ0) is 23.3. The van der Waals surface area contributed by atoms with Gasteiger partial charge in [-0.1, -0.05) is 6.07 Å². The number of nitrogen functional groups attached to an aromatic ring is 1. The monoisotopic (exact) mass is 473 g/mol. The number of hydrogen-bond acceptors (Lipinski definition) is 8. The fraction of sp³-hybridized carbons (Fsp3) is 0.455. The van der Waals surface area contributed by atoms with E-state index in [2.05, 4.69) is 15.3 Å². The van der Waals surface area contributed by atoms with Crippen molar-refractivity contribution in [2.75, 3.05) is 23.7 Å². The van der Waals surface area contributed by atoms with Gasteiger partial charge in [-0.25, -0.2) is 23.7 Å². The van der Waals surface area contributed by atoms with E-state index >= 15 is 0 Å². The molecule has 0 spiro atoms. The Bertz CT molecular complexity index is 1220. The van der Waals surface area contributed by atoms with Crippen molar-refractivity contribution in [3.8, 4) is 0 Å². The number of rotatable bonds is 4. The number of anilines is 2. The Morgan fingerprint density at radius 3 is 2.88 bits per heavy atom. The molecule has 2 aliphatic rings. The van der Waals surface area contributed by atoms with Crippen molar-refractivity contribution >= 4 is 39.0 Å². The molecule has 0 radical (unpaired) electrons.